The minimum absolute atomic E-state index is 0.0785. The number of imide groups is 1. The summed E-state index contributed by atoms with van der Waals surface area (Å²) in [5, 5.41) is 3.49. The van der Waals surface area contributed by atoms with E-state index in [2.05, 4.69) is 11.4 Å². The lowest BCUT2D eigenvalue weighted by Gasteiger charge is -2.39. The quantitative estimate of drug-likeness (QED) is 0.679. The molecule has 2 heterocycles. The minimum atomic E-state index is -0.966. The fourth-order valence-corrected chi connectivity index (χ4v) is 5.78. The lowest BCUT2D eigenvalue weighted by Crippen LogP contribution is -2.46. The fraction of sp³-hybridized carbons (Fsp3) is 0.200. The molecule has 1 aliphatic carbocycles. The lowest BCUT2D eigenvalue weighted by molar-refractivity contribution is -0.142. The zero-order chi connectivity index (χ0) is 19.8. The van der Waals surface area contributed by atoms with Crippen molar-refractivity contribution in [1.82, 2.24) is 4.90 Å². The maximum atomic E-state index is 14.1. The molecule has 1 spiro atoms. The molecule has 3 aliphatic rings. The molecule has 0 unspecified atom stereocenters. The molecule has 2 amide bonds. The van der Waals surface area contributed by atoms with Crippen LogP contribution in [0.4, 0.5) is 11.4 Å². The topological polar surface area (TPSA) is 49.4 Å². The highest BCUT2D eigenvalue weighted by molar-refractivity contribution is 6.18. The summed E-state index contributed by atoms with van der Waals surface area (Å²) in [5.41, 5.74) is 4.00. The average Bonchev–Trinajstić information content (AvgIpc) is 3.10. The van der Waals surface area contributed by atoms with Crippen LogP contribution < -0.4 is 5.32 Å². The molecule has 0 saturated carbocycles. The predicted octanol–water partition coefficient (Wildman–Crippen LogP) is 4.16. The molecule has 4 nitrogen and oxygen atoms in total. The van der Waals surface area contributed by atoms with Gasteiger partial charge < -0.3 is 5.32 Å². The van der Waals surface area contributed by atoms with Crippen molar-refractivity contribution in [3.05, 3.63) is 95.1 Å². The molecule has 0 aromatic heterocycles. The number of nitrogens with one attached hydrogen (secondary N) is 1. The van der Waals surface area contributed by atoms with Gasteiger partial charge in [0.15, 0.2) is 0 Å². The first kappa shape index (κ1) is 16.5. The van der Waals surface area contributed by atoms with Crippen molar-refractivity contribution in [2.75, 3.05) is 5.32 Å². The van der Waals surface area contributed by atoms with E-state index in [1.54, 1.807) is 0 Å². The number of likely N-dealkylation sites (tertiary alicyclic amines) is 1. The van der Waals surface area contributed by atoms with Gasteiger partial charge in [0.25, 0.3) is 0 Å². The van der Waals surface area contributed by atoms with E-state index in [1.165, 1.54) is 4.90 Å². The highest BCUT2D eigenvalue weighted by Gasteiger charge is 2.73. The van der Waals surface area contributed by atoms with Crippen molar-refractivity contribution >= 4 is 23.2 Å². The Morgan fingerprint density at radius 1 is 0.862 bits per heavy atom. The van der Waals surface area contributed by atoms with Gasteiger partial charge in [0.05, 0.1) is 12.0 Å². The van der Waals surface area contributed by atoms with Crippen LogP contribution in [0, 0.1) is 5.41 Å². The number of nitrogens with zero attached hydrogens (tertiary/aromatic N) is 1. The second-order valence-electron chi connectivity index (χ2n) is 8.45. The molecule has 1 saturated heterocycles. The van der Waals surface area contributed by atoms with E-state index in [9.17, 15) is 9.59 Å². The average molecular weight is 380 g/mol. The third kappa shape index (κ3) is 1.80. The highest BCUT2D eigenvalue weighted by atomic mass is 16.2. The summed E-state index contributed by atoms with van der Waals surface area (Å²) in [5.74, 6) is -0.181. The van der Waals surface area contributed by atoms with Gasteiger partial charge >= 0.3 is 0 Å². The second-order valence-corrected chi connectivity index (χ2v) is 8.45. The molecule has 0 radical (unpaired) electrons. The van der Waals surface area contributed by atoms with Crippen LogP contribution in [0.5, 0.6) is 0 Å². The predicted molar refractivity (Wildman–Crippen MR) is 111 cm³/mol. The van der Waals surface area contributed by atoms with Gasteiger partial charge in [-0.25, -0.2) is 0 Å². The molecule has 3 aromatic rings. The molecule has 1 N–H and O–H groups in total. The van der Waals surface area contributed by atoms with Crippen molar-refractivity contribution < 1.29 is 9.59 Å². The van der Waals surface area contributed by atoms with Crippen LogP contribution in [0.15, 0.2) is 72.8 Å². The summed E-state index contributed by atoms with van der Waals surface area (Å²) < 4.78 is 0. The van der Waals surface area contributed by atoms with Crippen molar-refractivity contribution in [2.45, 2.75) is 25.3 Å². The number of para-hydroxylation sites is 1. The first-order valence-electron chi connectivity index (χ1n) is 9.96. The Balaban J connectivity index is 1.62. The van der Waals surface area contributed by atoms with E-state index in [4.69, 9.17) is 0 Å². The van der Waals surface area contributed by atoms with Crippen LogP contribution in [0.25, 0.3) is 0 Å². The van der Waals surface area contributed by atoms with Gasteiger partial charge in [0, 0.05) is 11.4 Å². The molecular weight excluding hydrogens is 360 g/mol. The molecular formula is C25H20N2O2. The van der Waals surface area contributed by atoms with E-state index in [-0.39, 0.29) is 11.8 Å². The molecule has 2 aliphatic heterocycles. The van der Waals surface area contributed by atoms with E-state index in [0.717, 1.165) is 33.6 Å². The van der Waals surface area contributed by atoms with Crippen LogP contribution in [0.3, 0.4) is 0 Å². The fourth-order valence-electron chi connectivity index (χ4n) is 5.78. The third-order valence-electron chi connectivity index (χ3n) is 6.96. The maximum Gasteiger partial charge on any atom is 0.245 e. The zero-order valence-corrected chi connectivity index (χ0v) is 16.1. The summed E-state index contributed by atoms with van der Waals surface area (Å²) >= 11 is 0. The summed E-state index contributed by atoms with van der Waals surface area (Å²) in [6.07, 6.45) is 0.571. The number of hydrogen-bond donors (Lipinski definition) is 1. The Morgan fingerprint density at radius 3 is 2.41 bits per heavy atom. The van der Waals surface area contributed by atoms with Crippen LogP contribution in [0.1, 0.15) is 29.2 Å². The van der Waals surface area contributed by atoms with Gasteiger partial charge in [-0.3, -0.25) is 14.5 Å². The first-order chi connectivity index (χ1) is 14.1. The van der Waals surface area contributed by atoms with Crippen molar-refractivity contribution in [3.63, 3.8) is 0 Å². The minimum Gasteiger partial charge on any atom is -0.355 e. The molecule has 0 bridgehead atoms. The molecule has 1 fully saturated rings. The number of amides is 2. The van der Waals surface area contributed by atoms with E-state index >= 15 is 0 Å². The number of benzene rings is 3. The SMILES string of the molecule is C[C@]12Cc3cccc4c3[C@]1(C(=O)N(Cc1ccccc1)C2=O)c1ccccc1N4. The number of anilines is 2. The molecule has 3 aromatic carbocycles. The highest BCUT2D eigenvalue weighted by Crippen LogP contribution is 2.65. The Kier molecular flexibility index (Phi) is 3.05. The number of hydrogen-bond acceptors (Lipinski definition) is 3. The van der Waals surface area contributed by atoms with Gasteiger partial charge in [0.2, 0.25) is 11.8 Å². The molecule has 4 heteroatoms. The Hall–Kier alpha value is -3.40. The third-order valence-corrected chi connectivity index (χ3v) is 6.96. The number of carbonyl (C=O) groups excluding carboxylic acids is 2. The van der Waals surface area contributed by atoms with Crippen LogP contribution in [-0.2, 0) is 28.0 Å². The summed E-state index contributed by atoms with van der Waals surface area (Å²) in [6.45, 7) is 2.28. The van der Waals surface area contributed by atoms with Crippen molar-refractivity contribution in [2.24, 2.45) is 5.41 Å². The zero-order valence-electron chi connectivity index (χ0n) is 16.1. The number of fused-ring (bicyclic) bond motifs is 1. The second kappa shape index (κ2) is 5.35. The van der Waals surface area contributed by atoms with Gasteiger partial charge in [-0.05, 0) is 47.7 Å². The standard InChI is InChI=1S/C25H20N2O2/c1-24-14-17-10-7-13-20-21(17)25(24,18-11-5-6-12-19(18)26-20)23(29)27(22(24)28)15-16-8-3-2-4-9-16/h2-13,26H,14-15H2,1H3/t24-,25+/m1/s1. The summed E-state index contributed by atoms with van der Waals surface area (Å²) in [4.78, 5) is 29.4. The molecule has 29 heavy (non-hydrogen) atoms. The Morgan fingerprint density at radius 2 is 1.59 bits per heavy atom. The summed E-state index contributed by atoms with van der Waals surface area (Å²) in [7, 11) is 0. The monoisotopic (exact) mass is 380 g/mol. The van der Waals surface area contributed by atoms with Gasteiger partial charge in [-0.15, -0.1) is 0 Å². The van der Waals surface area contributed by atoms with E-state index in [0.29, 0.717) is 13.0 Å². The van der Waals surface area contributed by atoms with Crippen molar-refractivity contribution in [1.29, 1.82) is 0 Å². The molecule has 6 rings (SSSR count). The largest absolute Gasteiger partial charge is 0.355 e. The first-order valence-corrected chi connectivity index (χ1v) is 9.96. The van der Waals surface area contributed by atoms with E-state index < -0.39 is 10.8 Å². The molecule has 142 valence electrons. The summed E-state index contributed by atoms with van der Waals surface area (Å²) in [6, 6.07) is 23.7. The van der Waals surface area contributed by atoms with Gasteiger partial charge in [-0.2, -0.15) is 0 Å². The smallest absolute Gasteiger partial charge is 0.245 e. The normalized spacial score (nSPS) is 26.0. The molecule has 2 atom stereocenters. The van der Waals surface area contributed by atoms with E-state index in [1.807, 2.05) is 73.7 Å². The van der Waals surface area contributed by atoms with Crippen LogP contribution >= 0.6 is 0 Å². The van der Waals surface area contributed by atoms with Gasteiger partial charge in [-0.1, -0.05) is 60.7 Å². The Bertz CT molecular complexity index is 1200. The van der Waals surface area contributed by atoms with Gasteiger partial charge in [0.1, 0.15) is 5.41 Å². The Labute approximate surface area is 169 Å². The number of rotatable bonds is 2. The van der Waals surface area contributed by atoms with Crippen LogP contribution in [0.2, 0.25) is 0 Å². The lowest BCUT2D eigenvalue weighted by atomic mass is 9.61. The van der Waals surface area contributed by atoms with Crippen LogP contribution in [-0.4, -0.2) is 16.7 Å². The van der Waals surface area contributed by atoms with Crippen molar-refractivity contribution in [3.8, 4) is 0 Å². The maximum absolute atomic E-state index is 14.1. The number of carbonyl (C=O) groups is 2.